The molecule has 0 spiro atoms. The normalized spacial score (nSPS) is 18.0. The van der Waals surface area contributed by atoms with Gasteiger partial charge >= 0.3 is 0 Å². The molecule has 3 aromatic rings. The van der Waals surface area contributed by atoms with E-state index in [1.807, 2.05) is 24.3 Å². The van der Waals surface area contributed by atoms with Crippen LogP contribution in [0.2, 0.25) is 0 Å². The number of hydrogen-bond acceptors (Lipinski definition) is 3. The van der Waals surface area contributed by atoms with E-state index in [0.717, 1.165) is 16.6 Å². The summed E-state index contributed by atoms with van der Waals surface area (Å²) < 4.78 is 18.8. The molecule has 0 radical (unpaired) electrons. The summed E-state index contributed by atoms with van der Waals surface area (Å²) >= 11 is 0. The summed E-state index contributed by atoms with van der Waals surface area (Å²) in [4.78, 5) is 21.9. The molecule has 0 saturated carbocycles. The lowest BCUT2D eigenvalue weighted by Crippen LogP contribution is -2.42. The van der Waals surface area contributed by atoms with Crippen molar-refractivity contribution < 1.29 is 13.9 Å². The predicted molar refractivity (Wildman–Crippen MR) is 87.1 cm³/mol. The first-order valence-corrected chi connectivity index (χ1v) is 7.82. The highest BCUT2D eigenvalue weighted by atomic mass is 19.1. The van der Waals surface area contributed by atoms with Crippen molar-refractivity contribution >= 4 is 16.9 Å². The number of ether oxygens (including phenoxy) is 1. The third kappa shape index (κ3) is 2.76. The molecule has 122 valence electrons. The Bertz CT molecular complexity index is 842. The predicted octanol–water partition coefficient (Wildman–Crippen LogP) is 2.92. The van der Waals surface area contributed by atoms with E-state index in [1.54, 1.807) is 17.0 Å². The molecule has 2 heterocycles. The monoisotopic (exact) mass is 325 g/mol. The van der Waals surface area contributed by atoms with Crippen molar-refractivity contribution in [2.75, 3.05) is 19.7 Å². The topological polar surface area (TPSA) is 58.2 Å². The van der Waals surface area contributed by atoms with Gasteiger partial charge in [0.05, 0.1) is 24.2 Å². The fraction of sp³-hybridized carbons (Fsp3) is 0.222. The Balaban J connectivity index is 1.54. The molecule has 1 unspecified atom stereocenters. The summed E-state index contributed by atoms with van der Waals surface area (Å²) in [5.74, 6) is -0.109. The van der Waals surface area contributed by atoms with Gasteiger partial charge in [-0.2, -0.15) is 0 Å². The minimum absolute atomic E-state index is 0.151. The number of H-pyrrole nitrogens is 1. The van der Waals surface area contributed by atoms with Crippen molar-refractivity contribution in [2.24, 2.45) is 0 Å². The Morgan fingerprint density at radius 2 is 2.00 bits per heavy atom. The van der Waals surface area contributed by atoms with Gasteiger partial charge in [0.15, 0.2) is 5.82 Å². The van der Waals surface area contributed by atoms with Crippen LogP contribution in [0.15, 0.2) is 48.5 Å². The van der Waals surface area contributed by atoms with E-state index in [-0.39, 0.29) is 17.8 Å². The zero-order valence-corrected chi connectivity index (χ0v) is 12.9. The van der Waals surface area contributed by atoms with Crippen molar-refractivity contribution in [3.63, 3.8) is 0 Å². The molecule has 1 N–H and O–H groups in total. The minimum Gasteiger partial charge on any atom is -0.370 e. The largest absolute Gasteiger partial charge is 0.370 e. The maximum absolute atomic E-state index is 13.1. The first kappa shape index (κ1) is 14.8. The zero-order valence-electron chi connectivity index (χ0n) is 12.9. The number of aromatic nitrogens is 2. The summed E-state index contributed by atoms with van der Waals surface area (Å²) in [5, 5.41) is 0. The van der Waals surface area contributed by atoms with Crippen LogP contribution in [0.4, 0.5) is 4.39 Å². The number of carbonyl (C=O) groups is 1. The lowest BCUT2D eigenvalue weighted by Gasteiger charge is -2.32. The molecule has 24 heavy (non-hydrogen) atoms. The summed E-state index contributed by atoms with van der Waals surface area (Å²) in [6.07, 6.45) is -0.257. The number of benzene rings is 2. The number of halogens is 1. The fourth-order valence-electron chi connectivity index (χ4n) is 2.92. The molecule has 1 fully saturated rings. The third-order valence-electron chi connectivity index (χ3n) is 4.19. The summed E-state index contributed by atoms with van der Waals surface area (Å²) in [5.41, 5.74) is 2.46. The van der Waals surface area contributed by atoms with Crippen LogP contribution >= 0.6 is 0 Å². The van der Waals surface area contributed by atoms with Crippen LogP contribution in [0.25, 0.3) is 11.0 Å². The molecule has 1 amide bonds. The van der Waals surface area contributed by atoms with E-state index in [2.05, 4.69) is 9.97 Å². The minimum atomic E-state index is -0.287. The van der Waals surface area contributed by atoms with Crippen molar-refractivity contribution in [3.05, 3.63) is 65.7 Å². The van der Waals surface area contributed by atoms with Crippen molar-refractivity contribution in [2.45, 2.75) is 6.10 Å². The van der Waals surface area contributed by atoms with Gasteiger partial charge in [-0.1, -0.05) is 24.3 Å². The molecule has 2 aromatic carbocycles. The molecule has 5 nitrogen and oxygen atoms in total. The molecule has 6 heteroatoms. The third-order valence-corrected chi connectivity index (χ3v) is 4.19. The van der Waals surface area contributed by atoms with Crippen molar-refractivity contribution in [1.29, 1.82) is 0 Å². The molecule has 0 bridgehead atoms. The highest BCUT2D eigenvalue weighted by Gasteiger charge is 2.27. The highest BCUT2D eigenvalue weighted by molar-refractivity contribution is 5.94. The van der Waals surface area contributed by atoms with Gasteiger partial charge in [-0.15, -0.1) is 0 Å². The van der Waals surface area contributed by atoms with Crippen LogP contribution < -0.4 is 0 Å². The quantitative estimate of drug-likeness (QED) is 0.788. The Morgan fingerprint density at radius 1 is 1.21 bits per heavy atom. The Labute approximate surface area is 138 Å². The average molecular weight is 325 g/mol. The van der Waals surface area contributed by atoms with Gasteiger partial charge in [0.1, 0.15) is 11.9 Å². The number of fused-ring (bicyclic) bond motifs is 1. The first-order chi connectivity index (χ1) is 11.7. The average Bonchev–Trinajstić information content (AvgIpc) is 3.06. The van der Waals surface area contributed by atoms with Crippen molar-refractivity contribution in [3.8, 4) is 0 Å². The molecular weight excluding hydrogens is 309 g/mol. The zero-order chi connectivity index (χ0) is 16.5. The molecule has 1 aliphatic heterocycles. The molecular formula is C18H16FN3O2. The maximum Gasteiger partial charge on any atom is 0.289 e. The van der Waals surface area contributed by atoms with Crippen LogP contribution in [0.1, 0.15) is 22.3 Å². The van der Waals surface area contributed by atoms with E-state index >= 15 is 0 Å². The Morgan fingerprint density at radius 3 is 2.79 bits per heavy atom. The van der Waals surface area contributed by atoms with Crippen molar-refractivity contribution in [1.82, 2.24) is 14.9 Å². The van der Waals surface area contributed by atoms with Gasteiger partial charge in [0, 0.05) is 6.54 Å². The molecule has 1 atom stereocenters. The van der Waals surface area contributed by atoms with Gasteiger partial charge < -0.3 is 14.6 Å². The number of nitrogens with one attached hydrogen (secondary N) is 1. The van der Waals surface area contributed by atoms with Gasteiger partial charge in [0.2, 0.25) is 0 Å². The van der Waals surface area contributed by atoms with Gasteiger partial charge in [-0.25, -0.2) is 9.37 Å². The van der Waals surface area contributed by atoms with E-state index in [4.69, 9.17) is 4.74 Å². The smallest absolute Gasteiger partial charge is 0.289 e. The van der Waals surface area contributed by atoms with Crippen LogP contribution in [-0.4, -0.2) is 40.5 Å². The highest BCUT2D eigenvalue weighted by Crippen LogP contribution is 2.23. The standard InChI is InChI=1S/C18H16FN3O2/c19-13-7-5-12(6-8-13)16-11-22(9-10-24-16)18(23)17-20-14-3-1-2-4-15(14)21-17/h1-8,16H,9-11H2,(H,20,21). The van der Waals surface area contributed by atoms with Gasteiger partial charge in [-0.3, -0.25) is 4.79 Å². The number of carbonyl (C=O) groups excluding carboxylic acids is 1. The first-order valence-electron chi connectivity index (χ1n) is 7.82. The van der Waals surface area contributed by atoms with E-state index < -0.39 is 0 Å². The molecule has 0 aliphatic carbocycles. The number of nitrogens with zero attached hydrogens (tertiary/aromatic N) is 2. The Kier molecular flexibility index (Phi) is 3.74. The van der Waals surface area contributed by atoms with Crippen LogP contribution in [-0.2, 0) is 4.74 Å². The second-order valence-electron chi connectivity index (χ2n) is 5.76. The summed E-state index contributed by atoms with van der Waals surface area (Å²) in [6, 6.07) is 13.7. The molecule has 1 aromatic heterocycles. The van der Waals surface area contributed by atoms with Crippen LogP contribution in [0.3, 0.4) is 0 Å². The van der Waals surface area contributed by atoms with Crippen LogP contribution in [0, 0.1) is 5.82 Å². The van der Waals surface area contributed by atoms with Crippen LogP contribution in [0.5, 0.6) is 0 Å². The lowest BCUT2D eigenvalue weighted by molar-refractivity contribution is -0.0232. The number of hydrogen-bond donors (Lipinski definition) is 1. The molecule has 1 aliphatic rings. The number of aromatic amines is 1. The molecule has 1 saturated heterocycles. The number of amides is 1. The number of rotatable bonds is 2. The van der Waals surface area contributed by atoms with E-state index in [1.165, 1.54) is 12.1 Å². The van der Waals surface area contributed by atoms with E-state index in [9.17, 15) is 9.18 Å². The summed E-state index contributed by atoms with van der Waals surface area (Å²) in [7, 11) is 0. The number of morpholine rings is 1. The number of imidazole rings is 1. The maximum atomic E-state index is 13.1. The molecule has 4 rings (SSSR count). The SMILES string of the molecule is O=C(c1nc2ccccc2[nH]1)N1CCOC(c2ccc(F)cc2)C1. The lowest BCUT2D eigenvalue weighted by atomic mass is 10.1. The van der Waals surface area contributed by atoms with Gasteiger partial charge in [0.25, 0.3) is 5.91 Å². The van der Waals surface area contributed by atoms with E-state index in [0.29, 0.717) is 25.5 Å². The Hall–Kier alpha value is -2.73. The van der Waals surface area contributed by atoms with Gasteiger partial charge in [-0.05, 0) is 29.8 Å². The number of para-hydroxylation sites is 2. The second-order valence-corrected chi connectivity index (χ2v) is 5.76. The fourth-order valence-corrected chi connectivity index (χ4v) is 2.92. The summed E-state index contributed by atoms with van der Waals surface area (Å²) in [6.45, 7) is 1.36. The second kappa shape index (κ2) is 6.05.